The zero-order valence-corrected chi connectivity index (χ0v) is 15.0. The Kier molecular flexibility index (Phi) is 4.70. The predicted octanol–water partition coefficient (Wildman–Crippen LogP) is 2.42. The molecule has 0 radical (unpaired) electrons. The molecule has 1 N–H and O–H groups in total. The lowest BCUT2D eigenvalue weighted by Crippen LogP contribution is -2.41. The Morgan fingerprint density at radius 3 is 2.46 bits per heavy atom. The van der Waals surface area contributed by atoms with Gasteiger partial charge in [0.25, 0.3) is 5.91 Å². The Balaban J connectivity index is 1.99. The number of methoxy groups -OCH3 is 2. The average Bonchev–Trinajstić information content (AvgIpc) is 2.83. The summed E-state index contributed by atoms with van der Waals surface area (Å²) in [4.78, 5) is 26.1. The number of hydrogen-bond donors (Lipinski definition) is 1. The largest absolute Gasteiger partial charge is 0.493 e. The van der Waals surface area contributed by atoms with Crippen molar-refractivity contribution in [1.82, 2.24) is 0 Å². The molecule has 1 atom stereocenters. The molecule has 6 heteroatoms. The summed E-state index contributed by atoms with van der Waals surface area (Å²) in [7, 11) is 3.10. The van der Waals surface area contributed by atoms with Crippen molar-refractivity contribution in [3.63, 3.8) is 0 Å². The van der Waals surface area contributed by atoms with Gasteiger partial charge >= 0.3 is 0 Å². The number of fused-ring (bicyclic) bond motifs is 1. The zero-order chi connectivity index (χ0) is 18.9. The lowest BCUT2D eigenvalue weighted by atomic mass is 9.90. The van der Waals surface area contributed by atoms with Crippen molar-refractivity contribution >= 4 is 17.4 Å². The Hall–Kier alpha value is -2.86. The maximum atomic E-state index is 13.0. The van der Waals surface area contributed by atoms with E-state index in [1.54, 1.807) is 50.6 Å². The number of ketones is 1. The highest BCUT2D eigenvalue weighted by Gasteiger charge is 2.50. The molecule has 0 spiro atoms. The smallest absolute Gasteiger partial charge is 0.264 e. The van der Waals surface area contributed by atoms with Crippen LogP contribution in [0.3, 0.4) is 0 Å². The molecule has 2 aromatic rings. The maximum Gasteiger partial charge on any atom is 0.264 e. The van der Waals surface area contributed by atoms with Crippen molar-refractivity contribution in [2.75, 3.05) is 19.1 Å². The highest BCUT2D eigenvalue weighted by Crippen LogP contribution is 2.43. The Morgan fingerprint density at radius 2 is 1.81 bits per heavy atom. The first-order valence-corrected chi connectivity index (χ1v) is 8.25. The van der Waals surface area contributed by atoms with E-state index in [9.17, 15) is 14.7 Å². The highest BCUT2D eigenvalue weighted by molar-refractivity contribution is 6.08. The second-order valence-electron chi connectivity index (χ2n) is 6.34. The summed E-state index contributed by atoms with van der Waals surface area (Å²) in [6, 6.07) is 12.4. The molecule has 6 nitrogen and oxygen atoms in total. The molecular weight excluding hydrogens is 334 g/mol. The Labute approximate surface area is 152 Å². The van der Waals surface area contributed by atoms with Crippen LogP contribution in [0.2, 0.25) is 0 Å². The monoisotopic (exact) mass is 355 g/mol. The van der Waals surface area contributed by atoms with Gasteiger partial charge in [-0.05, 0) is 30.7 Å². The molecule has 3 rings (SSSR count). The number of benzene rings is 2. The van der Waals surface area contributed by atoms with Gasteiger partial charge in [0, 0.05) is 12.0 Å². The summed E-state index contributed by atoms with van der Waals surface area (Å²) in [5.74, 6) is 0.411. The number of Topliss-reactive ketones (excluding diaryl/α,β-unsaturated/α-hetero) is 1. The van der Waals surface area contributed by atoms with Gasteiger partial charge in [-0.25, -0.2) is 0 Å². The van der Waals surface area contributed by atoms with Gasteiger partial charge in [-0.15, -0.1) is 0 Å². The molecule has 2 aromatic carbocycles. The minimum atomic E-state index is -1.82. The van der Waals surface area contributed by atoms with Gasteiger partial charge < -0.3 is 19.5 Å². The van der Waals surface area contributed by atoms with Crippen LogP contribution in [0.25, 0.3) is 0 Å². The minimum absolute atomic E-state index is 0.245. The molecule has 0 fully saturated rings. The number of nitrogens with zero attached hydrogens (tertiary/aromatic N) is 1. The van der Waals surface area contributed by atoms with Gasteiger partial charge in [0.15, 0.2) is 17.1 Å². The number of para-hydroxylation sites is 1. The summed E-state index contributed by atoms with van der Waals surface area (Å²) >= 11 is 0. The van der Waals surface area contributed by atoms with Crippen LogP contribution in [-0.4, -0.2) is 31.0 Å². The van der Waals surface area contributed by atoms with Crippen molar-refractivity contribution < 1.29 is 24.2 Å². The minimum Gasteiger partial charge on any atom is -0.493 e. The first kappa shape index (κ1) is 17.9. The quantitative estimate of drug-likeness (QED) is 0.861. The van der Waals surface area contributed by atoms with Crippen LogP contribution in [0, 0.1) is 0 Å². The third kappa shape index (κ3) is 2.93. The van der Waals surface area contributed by atoms with E-state index in [1.807, 2.05) is 6.07 Å². The first-order valence-electron chi connectivity index (χ1n) is 8.25. The van der Waals surface area contributed by atoms with Crippen molar-refractivity contribution in [2.24, 2.45) is 0 Å². The maximum absolute atomic E-state index is 13.0. The van der Waals surface area contributed by atoms with E-state index in [0.717, 1.165) is 5.56 Å². The molecule has 1 aliphatic heterocycles. The Bertz CT molecular complexity index is 863. The molecule has 1 amide bonds. The number of aliphatic hydroxyl groups is 1. The molecule has 26 heavy (non-hydrogen) atoms. The number of rotatable bonds is 6. The van der Waals surface area contributed by atoms with Crippen LogP contribution >= 0.6 is 0 Å². The number of hydrogen-bond acceptors (Lipinski definition) is 5. The molecule has 0 unspecified atom stereocenters. The van der Waals surface area contributed by atoms with E-state index in [0.29, 0.717) is 22.7 Å². The molecule has 0 saturated carbocycles. The van der Waals surface area contributed by atoms with E-state index in [2.05, 4.69) is 0 Å². The van der Waals surface area contributed by atoms with Crippen LogP contribution < -0.4 is 14.4 Å². The molecule has 0 bridgehead atoms. The van der Waals surface area contributed by atoms with E-state index >= 15 is 0 Å². The van der Waals surface area contributed by atoms with Crippen LogP contribution in [0.5, 0.6) is 11.5 Å². The predicted molar refractivity (Wildman–Crippen MR) is 96.4 cm³/mol. The Morgan fingerprint density at radius 1 is 1.12 bits per heavy atom. The number of amides is 1. The van der Waals surface area contributed by atoms with Crippen molar-refractivity contribution in [3.05, 3.63) is 53.6 Å². The summed E-state index contributed by atoms with van der Waals surface area (Å²) in [5, 5.41) is 11.0. The SMILES string of the molecule is COc1ccc(CN2C(=O)[C@](O)(CC(C)=O)c3ccccc32)cc1OC. The summed E-state index contributed by atoms with van der Waals surface area (Å²) in [6.07, 6.45) is -0.245. The lowest BCUT2D eigenvalue weighted by Gasteiger charge is -2.22. The van der Waals surface area contributed by atoms with E-state index in [-0.39, 0.29) is 18.7 Å². The molecule has 136 valence electrons. The topological polar surface area (TPSA) is 76.1 Å². The van der Waals surface area contributed by atoms with Crippen molar-refractivity contribution in [2.45, 2.75) is 25.5 Å². The fraction of sp³-hybridized carbons (Fsp3) is 0.300. The van der Waals surface area contributed by atoms with E-state index in [1.165, 1.54) is 11.8 Å². The van der Waals surface area contributed by atoms with Crippen LogP contribution in [0.4, 0.5) is 5.69 Å². The van der Waals surface area contributed by atoms with Crippen molar-refractivity contribution in [1.29, 1.82) is 0 Å². The third-order valence-electron chi connectivity index (χ3n) is 4.53. The summed E-state index contributed by atoms with van der Waals surface area (Å²) < 4.78 is 10.5. The first-order chi connectivity index (χ1) is 12.4. The van der Waals surface area contributed by atoms with Gasteiger partial charge in [0.05, 0.1) is 26.5 Å². The van der Waals surface area contributed by atoms with E-state index in [4.69, 9.17) is 9.47 Å². The van der Waals surface area contributed by atoms with E-state index < -0.39 is 11.5 Å². The van der Waals surface area contributed by atoms with Crippen LogP contribution in [0.1, 0.15) is 24.5 Å². The van der Waals surface area contributed by atoms with Gasteiger partial charge in [0.2, 0.25) is 0 Å². The number of ether oxygens (including phenoxy) is 2. The third-order valence-corrected chi connectivity index (χ3v) is 4.53. The van der Waals surface area contributed by atoms with Gasteiger partial charge in [-0.1, -0.05) is 24.3 Å². The molecule has 0 saturated heterocycles. The van der Waals surface area contributed by atoms with Crippen LogP contribution in [0.15, 0.2) is 42.5 Å². The van der Waals surface area contributed by atoms with Gasteiger partial charge in [0.1, 0.15) is 5.78 Å². The normalized spacial score (nSPS) is 18.6. The average molecular weight is 355 g/mol. The van der Waals surface area contributed by atoms with Crippen LogP contribution in [-0.2, 0) is 21.7 Å². The summed E-state index contributed by atoms with van der Waals surface area (Å²) in [6.45, 7) is 1.61. The highest BCUT2D eigenvalue weighted by atomic mass is 16.5. The number of carbonyl (C=O) groups excluding carboxylic acids is 2. The second kappa shape index (κ2) is 6.80. The fourth-order valence-corrected chi connectivity index (χ4v) is 3.36. The molecule has 1 aliphatic rings. The number of anilines is 1. The fourth-order valence-electron chi connectivity index (χ4n) is 3.36. The van der Waals surface area contributed by atoms with Gasteiger partial charge in [-0.3, -0.25) is 9.59 Å². The molecule has 1 heterocycles. The molecular formula is C20H21NO5. The zero-order valence-electron chi connectivity index (χ0n) is 15.0. The summed E-state index contributed by atoms with van der Waals surface area (Å²) in [5.41, 5.74) is 0.0634. The molecule has 0 aliphatic carbocycles. The van der Waals surface area contributed by atoms with Gasteiger partial charge in [-0.2, -0.15) is 0 Å². The van der Waals surface area contributed by atoms with Crippen molar-refractivity contribution in [3.8, 4) is 11.5 Å². The standard InChI is InChI=1S/C20H21NO5/c1-13(22)11-20(24)15-6-4-5-7-16(15)21(19(20)23)12-14-8-9-17(25-2)18(10-14)26-3/h4-10,24H,11-12H2,1-3H3/t20-/m0/s1. The lowest BCUT2D eigenvalue weighted by molar-refractivity contribution is -0.141. The number of carbonyl (C=O) groups is 2. The second-order valence-corrected chi connectivity index (χ2v) is 6.34. The molecule has 0 aromatic heterocycles.